The molecule has 0 unspecified atom stereocenters. The summed E-state index contributed by atoms with van der Waals surface area (Å²) < 4.78 is 5.42. The van der Waals surface area contributed by atoms with Gasteiger partial charge in [-0.05, 0) is 52.9 Å². The molecule has 0 aliphatic heterocycles. The zero-order valence-corrected chi connectivity index (χ0v) is 21.3. The number of aromatic nitrogens is 1. The SMILES string of the molecule is CN(C)CC(=O)N[C@@H](Cc1c[nH]c2ccccc12)C(=O)N[C@@H](CCC(=O)C=[N+]=[N-])C(=O)OC(C)(C)C. The highest BCUT2D eigenvalue weighted by Crippen LogP contribution is 2.19. The quantitative estimate of drug-likeness (QED) is 0.173. The average molecular weight is 499 g/mol. The molecule has 1 aromatic carbocycles. The maximum Gasteiger partial charge on any atom is 0.329 e. The molecule has 0 saturated heterocycles. The van der Waals surface area contributed by atoms with E-state index in [0.717, 1.165) is 22.7 Å². The van der Waals surface area contributed by atoms with Crippen LogP contribution in [0.3, 0.4) is 0 Å². The Hall–Kier alpha value is -3.82. The van der Waals surface area contributed by atoms with Crippen LogP contribution in [0.2, 0.25) is 0 Å². The number of nitrogens with one attached hydrogen (secondary N) is 3. The Bertz CT molecular complexity index is 1140. The Morgan fingerprint density at radius 3 is 2.47 bits per heavy atom. The van der Waals surface area contributed by atoms with Crippen LogP contribution in [0.25, 0.3) is 16.4 Å². The summed E-state index contributed by atoms with van der Waals surface area (Å²) >= 11 is 0. The third kappa shape index (κ3) is 9.09. The highest BCUT2D eigenvalue weighted by atomic mass is 16.6. The summed E-state index contributed by atoms with van der Waals surface area (Å²) in [5.74, 6) is -2.18. The van der Waals surface area contributed by atoms with Gasteiger partial charge < -0.3 is 30.8 Å². The zero-order valence-electron chi connectivity index (χ0n) is 21.3. The summed E-state index contributed by atoms with van der Waals surface area (Å²) in [6.07, 6.45) is 2.45. The lowest BCUT2D eigenvalue weighted by molar-refractivity contribution is -0.159. The number of benzene rings is 1. The number of ether oxygens (including phenoxy) is 1. The first-order valence-electron chi connectivity index (χ1n) is 11.6. The van der Waals surface area contributed by atoms with Gasteiger partial charge >= 0.3 is 12.2 Å². The smallest absolute Gasteiger partial charge is 0.329 e. The number of ketones is 1. The van der Waals surface area contributed by atoms with Crippen molar-refractivity contribution in [3.05, 3.63) is 41.6 Å². The van der Waals surface area contributed by atoms with Crippen LogP contribution < -0.4 is 10.6 Å². The molecular formula is C25H34N6O5. The van der Waals surface area contributed by atoms with Crippen LogP contribution in [0.15, 0.2) is 30.5 Å². The van der Waals surface area contributed by atoms with Crippen LogP contribution in [0.5, 0.6) is 0 Å². The zero-order chi connectivity index (χ0) is 26.9. The summed E-state index contributed by atoms with van der Waals surface area (Å²) in [5, 5.41) is 6.31. The van der Waals surface area contributed by atoms with Crippen molar-refractivity contribution in [2.75, 3.05) is 20.6 Å². The number of para-hydroxylation sites is 1. The van der Waals surface area contributed by atoms with Gasteiger partial charge in [0.15, 0.2) is 0 Å². The van der Waals surface area contributed by atoms with Gasteiger partial charge in [-0.2, -0.15) is 4.79 Å². The summed E-state index contributed by atoms with van der Waals surface area (Å²) in [6.45, 7) is 5.14. The lowest BCUT2D eigenvalue weighted by Gasteiger charge is -2.26. The molecule has 1 aromatic heterocycles. The number of rotatable bonds is 12. The summed E-state index contributed by atoms with van der Waals surface area (Å²) in [6, 6.07) is 5.45. The summed E-state index contributed by atoms with van der Waals surface area (Å²) in [5.41, 5.74) is 9.46. The molecule has 11 heteroatoms. The number of nitrogens with zero attached hydrogens (tertiary/aromatic N) is 3. The number of hydrogen-bond acceptors (Lipinski definition) is 6. The minimum atomic E-state index is -1.15. The fraction of sp³-hybridized carbons (Fsp3) is 0.480. The second-order valence-corrected chi connectivity index (χ2v) is 9.77. The van der Waals surface area contributed by atoms with Gasteiger partial charge in [0.1, 0.15) is 17.7 Å². The number of carbonyl (C=O) groups excluding carboxylic acids is 4. The van der Waals surface area contributed by atoms with Crippen LogP contribution in [-0.4, -0.2) is 82.8 Å². The van der Waals surface area contributed by atoms with E-state index >= 15 is 0 Å². The second kappa shape index (κ2) is 12.8. The van der Waals surface area contributed by atoms with Gasteiger partial charge in [0.25, 0.3) is 0 Å². The van der Waals surface area contributed by atoms with Gasteiger partial charge in [0, 0.05) is 29.9 Å². The number of fused-ring (bicyclic) bond motifs is 1. The van der Waals surface area contributed by atoms with E-state index in [9.17, 15) is 19.2 Å². The molecule has 2 atom stereocenters. The molecule has 1 heterocycles. The Morgan fingerprint density at radius 2 is 1.83 bits per heavy atom. The largest absolute Gasteiger partial charge is 0.458 e. The van der Waals surface area contributed by atoms with E-state index in [1.54, 1.807) is 46.0 Å². The Morgan fingerprint density at radius 1 is 1.14 bits per heavy atom. The van der Waals surface area contributed by atoms with E-state index in [1.807, 2.05) is 24.3 Å². The van der Waals surface area contributed by atoms with Crippen molar-refractivity contribution in [3.63, 3.8) is 0 Å². The van der Waals surface area contributed by atoms with Gasteiger partial charge in [-0.25, -0.2) is 4.79 Å². The fourth-order valence-electron chi connectivity index (χ4n) is 3.57. The number of hydrogen-bond donors (Lipinski definition) is 3. The molecule has 2 rings (SSSR count). The topological polar surface area (TPSA) is 157 Å². The van der Waals surface area contributed by atoms with Gasteiger partial charge in [0.2, 0.25) is 17.6 Å². The minimum absolute atomic E-state index is 0.0716. The first-order valence-corrected chi connectivity index (χ1v) is 11.6. The molecule has 3 N–H and O–H groups in total. The van der Waals surface area contributed by atoms with E-state index in [1.165, 1.54) is 0 Å². The summed E-state index contributed by atoms with van der Waals surface area (Å²) in [4.78, 5) is 58.1. The molecule has 0 spiro atoms. The molecule has 11 nitrogen and oxygen atoms in total. The third-order valence-electron chi connectivity index (χ3n) is 5.10. The molecular weight excluding hydrogens is 464 g/mol. The van der Waals surface area contributed by atoms with Crippen LogP contribution >= 0.6 is 0 Å². The molecule has 0 radical (unpaired) electrons. The molecule has 2 amide bonds. The maximum atomic E-state index is 13.4. The van der Waals surface area contributed by atoms with E-state index in [4.69, 9.17) is 10.3 Å². The van der Waals surface area contributed by atoms with Gasteiger partial charge in [0.05, 0.1) is 6.54 Å². The fourth-order valence-corrected chi connectivity index (χ4v) is 3.57. The van der Waals surface area contributed by atoms with Crippen LogP contribution in [0.4, 0.5) is 0 Å². The number of likely N-dealkylation sites (N-methyl/N-ethyl adjacent to an activating group) is 1. The Kier molecular flexibility index (Phi) is 10.1. The molecule has 0 aliphatic rings. The molecule has 0 saturated carbocycles. The highest BCUT2D eigenvalue weighted by Gasteiger charge is 2.31. The van der Waals surface area contributed by atoms with Gasteiger partial charge in [-0.3, -0.25) is 14.4 Å². The van der Waals surface area contributed by atoms with E-state index < -0.39 is 35.3 Å². The Balaban J connectivity index is 2.28. The molecule has 0 aliphatic carbocycles. The predicted molar refractivity (Wildman–Crippen MR) is 134 cm³/mol. The van der Waals surface area contributed by atoms with Crippen molar-refractivity contribution in [1.82, 2.24) is 20.5 Å². The molecule has 0 fully saturated rings. The van der Waals surface area contributed by atoms with Crippen molar-refractivity contribution in [3.8, 4) is 0 Å². The number of esters is 1. The lowest BCUT2D eigenvalue weighted by Crippen LogP contribution is -2.54. The van der Waals surface area contributed by atoms with Gasteiger partial charge in [-0.1, -0.05) is 18.2 Å². The van der Waals surface area contributed by atoms with Crippen LogP contribution in [-0.2, 0) is 30.3 Å². The average Bonchev–Trinajstić information content (AvgIpc) is 3.17. The molecule has 36 heavy (non-hydrogen) atoms. The van der Waals surface area contributed by atoms with E-state index in [2.05, 4.69) is 20.4 Å². The Labute approximate surface area is 210 Å². The first-order chi connectivity index (χ1) is 16.9. The second-order valence-electron chi connectivity index (χ2n) is 9.77. The lowest BCUT2D eigenvalue weighted by atomic mass is 10.0. The van der Waals surface area contributed by atoms with Crippen molar-refractivity contribution >= 4 is 40.7 Å². The number of Topliss-reactive ketones (excluding diaryl/α,β-unsaturated/α-hetero) is 1. The summed E-state index contributed by atoms with van der Waals surface area (Å²) in [7, 11) is 3.47. The molecule has 194 valence electrons. The normalized spacial score (nSPS) is 12.9. The van der Waals surface area contributed by atoms with Gasteiger partial charge in [-0.15, -0.1) is 0 Å². The van der Waals surface area contributed by atoms with Crippen molar-refractivity contribution in [1.29, 1.82) is 0 Å². The molecule has 0 bridgehead atoms. The van der Waals surface area contributed by atoms with Crippen molar-refractivity contribution < 1.29 is 28.7 Å². The minimum Gasteiger partial charge on any atom is -0.458 e. The number of aromatic amines is 1. The standard InChI is InChI=1S/C25H34N6O5/c1-25(2,3)36-24(35)20(11-10-17(32)14-28-26)30-23(34)21(29-22(33)15-31(4)5)12-16-13-27-19-9-7-6-8-18(16)19/h6-9,13-14,20-21,27H,10-12,15H2,1-5H3,(H,29,33)(H,30,34)/t20-,21-/m0/s1. The van der Waals surface area contributed by atoms with Crippen LogP contribution in [0.1, 0.15) is 39.2 Å². The molecule has 2 aromatic rings. The van der Waals surface area contributed by atoms with Crippen LogP contribution in [0, 0.1) is 0 Å². The number of carbonyl (C=O) groups is 4. The highest BCUT2D eigenvalue weighted by molar-refractivity contribution is 6.25. The number of amides is 2. The first kappa shape index (κ1) is 28.4. The maximum absolute atomic E-state index is 13.4. The van der Waals surface area contributed by atoms with Crippen molar-refractivity contribution in [2.45, 2.75) is 57.7 Å². The van der Waals surface area contributed by atoms with E-state index in [-0.39, 0.29) is 31.7 Å². The van der Waals surface area contributed by atoms with Crippen molar-refractivity contribution in [2.24, 2.45) is 0 Å². The predicted octanol–water partition coefficient (Wildman–Crippen LogP) is 1.23. The number of H-pyrrole nitrogens is 1. The third-order valence-corrected chi connectivity index (χ3v) is 5.10. The van der Waals surface area contributed by atoms with E-state index in [0.29, 0.717) is 0 Å². The monoisotopic (exact) mass is 498 g/mol.